The summed E-state index contributed by atoms with van der Waals surface area (Å²) in [5, 5.41) is 4.89. The molecule has 0 heterocycles. The van der Waals surface area contributed by atoms with Crippen molar-refractivity contribution in [3.05, 3.63) is 48.0 Å². The van der Waals surface area contributed by atoms with Gasteiger partial charge >= 0.3 is 5.97 Å². The molecule has 0 saturated carbocycles. The molecule has 110 valence electrons. The SMILES string of the molecule is CCOC(=O)C(C)NC(=O)Cc1ccc2ccccc2c1. The molecule has 0 bridgehead atoms. The van der Waals surface area contributed by atoms with Crippen LogP contribution in [0.15, 0.2) is 42.5 Å². The van der Waals surface area contributed by atoms with Crippen LogP contribution in [-0.4, -0.2) is 24.5 Å². The third-order valence-corrected chi connectivity index (χ3v) is 3.20. The van der Waals surface area contributed by atoms with Crippen molar-refractivity contribution in [3.63, 3.8) is 0 Å². The number of hydrogen-bond donors (Lipinski definition) is 1. The Bertz CT molecular complexity index is 651. The van der Waals surface area contributed by atoms with Crippen LogP contribution in [0.5, 0.6) is 0 Å². The van der Waals surface area contributed by atoms with Gasteiger partial charge in [0, 0.05) is 0 Å². The lowest BCUT2D eigenvalue weighted by atomic mass is 10.0. The molecule has 1 amide bonds. The van der Waals surface area contributed by atoms with Gasteiger partial charge in [-0.1, -0.05) is 42.5 Å². The summed E-state index contributed by atoms with van der Waals surface area (Å²) < 4.78 is 4.86. The van der Waals surface area contributed by atoms with Gasteiger partial charge in [0.15, 0.2) is 0 Å². The van der Waals surface area contributed by atoms with E-state index >= 15 is 0 Å². The molecule has 0 aliphatic rings. The number of hydrogen-bond acceptors (Lipinski definition) is 3. The second-order valence-electron chi connectivity index (χ2n) is 4.90. The summed E-state index contributed by atoms with van der Waals surface area (Å²) in [5.74, 6) is -0.602. The minimum atomic E-state index is -0.627. The first kappa shape index (κ1) is 15.0. The molecule has 0 aliphatic heterocycles. The summed E-state index contributed by atoms with van der Waals surface area (Å²) in [5.41, 5.74) is 0.919. The fraction of sp³-hybridized carbons (Fsp3) is 0.294. The first-order chi connectivity index (χ1) is 10.1. The Hall–Kier alpha value is -2.36. The van der Waals surface area contributed by atoms with Crippen molar-refractivity contribution in [1.29, 1.82) is 0 Å². The van der Waals surface area contributed by atoms with Crippen LogP contribution in [0, 0.1) is 0 Å². The van der Waals surface area contributed by atoms with Crippen LogP contribution >= 0.6 is 0 Å². The number of amides is 1. The molecule has 0 saturated heterocycles. The smallest absolute Gasteiger partial charge is 0.328 e. The molecule has 1 N–H and O–H groups in total. The number of benzene rings is 2. The average Bonchev–Trinajstić information content (AvgIpc) is 2.47. The Morgan fingerprint density at radius 1 is 1.14 bits per heavy atom. The van der Waals surface area contributed by atoms with Crippen LogP contribution in [0.4, 0.5) is 0 Å². The van der Waals surface area contributed by atoms with E-state index in [9.17, 15) is 9.59 Å². The summed E-state index contributed by atoms with van der Waals surface area (Å²) >= 11 is 0. The standard InChI is InChI=1S/C17H19NO3/c1-3-21-17(20)12(2)18-16(19)11-13-8-9-14-6-4-5-7-15(14)10-13/h4-10,12H,3,11H2,1-2H3,(H,18,19). The second-order valence-corrected chi connectivity index (χ2v) is 4.90. The van der Waals surface area contributed by atoms with Gasteiger partial charge in [-0.25, -0.2) is 4.79 Å². The molecule has 2 aromatic carbocycles. The van der Waals surface area contributed by atoms with Gasteiger partial charge in [-0.05, 0) is 30.2 Å². The molecule has 2 aromatic rings. The number of nitrogens with one attached hydrogen (secondary N) is 1. The number of esters is 1. The number of carbonyl (C=O) groups excluding carboxylic acids is 2. The zero-order valence-electron chi connectivity index (χ0n) is 12.3. The van der Waals surface area contributed by atoms with Gasteiger partial charge in [-0.15, -0.1) is 0 Å². The molecule has 4 nitrogen and oxygen atoms in total. The van der Waals surface area contributed by atoms with E-state index in [-0.39, 0.29) is 12.3 Å². The molecular formula is C17H19NO3. The summed E-state index contributed by atoms with van der Waals surface area (Å²) in [7, 11) is 0. The van der Waals surface area contributed by atoms with Crippen molar-refractivity contribution in [2.24, 2.45) is 0 Å². The molecule has 0 spiro atoms. The van der Waals surface area contributed by atoms with Crippen LogP contribution in [0.2, 0.25) is 0 Å². The van der Waals surface area contributed by atoms with Crippen LogP contribution in [0.1, 0.15) is 19.4 Å². The van der Waals surface area contributed by atoms with Gasteiger partial charge in [0.2, 0.25) is 5.91 Å². The second kappa shape index (κ2) is 6.88. The molecule has 21 heavy (non-hydrogen) atoms. The Morgan fingerprint density at radius 3 is 2.57 bits per heavy atom. The highest BCUT2D eigenvalue weighted by Gasteiger charge is 2.16. The lowest BCUT2D eigenvalue weighted by Crippen LogP contribution is -2.40. The fourth-order valence-electron chi connectivity index (χ4n) is 2.15. The lowest BCUT2D eigenvalue weighted by Gasteiger charge is -2.12. The number of carbonyl (C=O) groups is 2. The van der Waals surface area contributed by atoms with Crippen LogP contribution in [0.3, 0.4) is 0 Å². The molecule has 1 atom stereocenters. The molecule has 0 fully saturated rings. The zero-order valence-corrected chi connectivity index (χ0v) is 12.3. The van der Waals surface area contributed by atoms with Gasteiger partial charge in [-0.3, -0.25) is 4.79 Å². The highest BCUT2D eigenvalue weighted by Crippen LogP contribution is 2.15. The van der Waals surface area contributed by atoms with E-state index in [2.05, 4.69) is 5.32 Å². The molecule has 2 rings (SSSR count). The van der Waals surface area contributed by atoms with E-state index in [1.807, 2.05) is 42.5 Å². The first-order valence-corrected chi connectivity index (χ1v) is 7.04. The largest absolute Gasteiger partial charge is 0.464 e. The maximum Gasteiger partial charge on any atom is 0.328 e. The summed E-state index contributed by atoms with van der Waals surface area (Å²) in [6, 6.07) is 13.3. The van der Waals surface area contributed by atoms with Crippen LogP contribution in [0.25, 0.3) is 10.8 Å². The van der Waals surface area contributed by atoms with E-state index < -0.39 is 12.0 Å². The summed E-state index contributed by atoms with van der Waals surface area (Å²) in [4.78, 5) is 23.4. The summed E-state index contributed by atoms with van der Waals surface area (Å²) in [6.07, 6.45) is 0.245. The minimum absolute atomic E-state index is 0.189. The summed E-state index contributed by atoms with van der Waals surface area (Å²) in [6.45, 7) is 3.67. The third kappa shape index (κ3) is 4.05. The molecular weight excluding hydrogens is 266 g/mol. The average molecular weight is 285 g/mol. The Kier molecular flexibility index (Phi) is 4.93. The Morgan fingerprint density at radius 2 is 1.86 bits per heavy atom. The molecule has 0 radical (unpaired) electrons. The lowest BCUT2D eigenvalue weighted by molar-refractivity contribution is -0.146. The van der Waals surface area contributed by atoms with Crippen molar-refractivity contribution < 1.29 is 14.3 Å². The highest BCUT2D eigenvalue weighted by atomic mass is 16.5. The third-order valence-electron chi connectivity index (χ3n) is 3.20. The topological polar surface area (TPSA) is 55.4 Å². The number of ether oxygens (including phenoxy) is 1. The minimum Gasteiger partial charge on any atom is -0.464 e. The molecule has 4 heteroatoms. The van der Waals surface area contributed by atoms with Crippen LogP contribution < -0.4 is 5.32 Å². The van der Waals surface area contributed by atoms with Crippen LogP contribution in [-0.2, 0) is 20.7 Å². The maximum absolute atomic E-state index is 11.9. The van der Waals surface area contributed by atoms with Gasteiger partial charge in [0.05, 0.1) is 13.0 Å². The predicted octanol–water partition coefficient (Wildman–Crippen LogP) is 2.45. The van der Waals surface area contributed by atoms with Gasteiger partial charge < -0.3 is 10.1 Å². The van der Waals surface area contributed by atoms with Crippen molar-refractivity contribution in [2.45, 2.75) is 26.3 Å². The van der Waals surface area contributed by atoms with Crippen molar-refractivity contribution in [3.8, 4) is 0 Å². The van der Waals surface area contributed by atoms with E-state index in [0.29, 0.717) is 6.61 Å². The fourth-order valence-corrected chi connectivity index (χ4v) is 2.15. The van der Waals surface area contributed by atoms with E-state index in [1.54, 1.807) is 13.8 Å². The number of fused-ring (bicyclic) bond motifs is 1. The van der Waals surface area contributed by atoms with E-state index in [4.69, 9.17) is 4.74 Å². The van der Waals surface area contributed by atoms with E-state index in [1.165, 1.54) is 0 Å². The van der Waals surface area contributed by atoms with Crippen molar-refractivity contribution >= 4 is 22.6 Å². The Labute approximate surface area is 124 Å². The molecule has 0 aromatic heterocycles. The molecule has 0 aliphatic carbocycles. The molecule has 1 unspecified atom stereocenters. The zero-order chi connectivity index (χ0) is 15.2. The predicted molar refractivity (Wildman–Crippen MR) is 81.9 cm³/mol. The van der Waals surface area contributed by atoms with Gasteiger partial charge in [0.25, 0.3) is 0 Å². The monoisotopic (exact) mass is 285 g/mol. The first-order valence-electron chi connectivity index (χ1n) is 7.04. The van der Waals surface area contributed by atoms with Gasteiger partial charge in [0.1, 0.15) is 6.04 Å². The maximum atomic E-state index is 11.9. The normalized spacial score (nSPS) is 11.9. The highest BCUT2D eigenvalue weighted by molar-refractivity contribution is 5.87. The van der Waals surface area contributed by atoms with Crippen molar-refractivity contribution in [2.75, 3.05) is 6.61 Å². The van der Waals surface area contributed by atoms with E-state index in [0.717, 1.165) is 16.3 Å². The Balaban J connectivity index is 1.99. The number of rotatable bonds is 5. The van der Waals surface area contributed by atoms with Gasteiger partial charge in [-0.2, -0.15) is 0 Å². The van der Waals surface area contributed by atoms with Crippen molar-refractivity contribution in [1.82, 2.24) is 5.32 Å². The quantitative estimate of drug-likeness (QED) is 0.859.